The van der Waals surface area contributed by atoms with Crippen LogP contribution in [-0.4, -0.2) is 63.6 Å². The van der Waals surface area contributed by atoms with E-state index in [-0.39, 0.29) is 5.91 Å². The molecule has 1 aromatic rings. The molecule has 1 amide bonds. The van der Waals surface area contributed by atoms with Crippen molar-refractivity contribution in [3.8, 4) is 11.5 Å². The van der Waals surface area contributed by atoms with E-state index >= 15 is 0 Å². The Morgan fingerprint density at radius 1 is 1.42 bits per heavy atom. The van der Waals surface area contributed by atoms with Crippen LogP contribution in [-0.2, 0) is 9.53 Å². The molecule has 0 atom stereocenters. The van der Waals surface area contributed by atoms with Gasteiger partial charge in [0.25, 0.3) is 5.91 Å². The Kier molecular flexibility index (Phi) is 7.25. The van der Waals surface area contributed by atoms with Gasteiger partial charge < -0.3 is 14.2 Å². The van der Waals surface area contributed by atoms with E-state index in [0.717, 1.165) is 18.7 Å². The van der Waals surface area contributed by atoms with Crippen LogP contribution in [0.1, 0.15) is 5.56 Å². The molecule has 0 bridgehead atoms. The summed E-state index contributed by atoms with van der Waals surface area (Å²) in [5.74, 6) is 1.08. The summed E-state index contributed by atoms with van der Waals surface area (Å²) in [7, 11) is 1.57. The van der Waals surface area contributed by atoms with E-state index < -0.39 is 0 Å². The molecule has 1 aromatic carbocycles. The van der Waals surface area contributed by atoms with Gasteiger partial charge in [0.2, 0.25) is 0 Å². The van der Waals surface area contributed by atoms with Crippen LogP contribution >= 0.6 is 0 Å². The van der Waals surface area contributed by atoms with Gasteiger partial charge in [-0.15, -0.1) is 0 Å². The molecule has 1 aliphatic heterocycles. The van der Waals surface area contributed by atoms with Crippen LogP contribution in [0.5, 0.6) is 11.5 Å². The van der Waals surface area contributed by atoms with Crippen molar-refractivity contribution in [2.24, 2.45) is 5.10 Å². The third-order valence-electron chi connectivity index (χ3n) is 3.42. The highest BCUT2D eigenvalue weighted by Gasteiger charge is 2.13. The Bertz CT molecular complexity index is 583. The lowest BCUT2D eigenvalue weighted by molar-refractivity contribution is -0.123. The van der Waals surface area contributed by atoms with E-state index in [9.17, 15) is 4.79 Å². The van der Waals surface area contributed by atoms with Gasteiger partial charge in [-0.3, -0.25) is 9.69 Å². The van der Waals surface area contributed by atoms with Gasteiger partial charge in [-0.2, -0.15) is 5.10 Å². The van der Waals surface area contributed by atoms with Crippen molar-refractivity contribution in [3.05, 3.63) is 36.4 Å². The van der Waals surface area contributed by atoms with Crippen LogP contribution in [0.4, 0.5) is 0 Å². The van der Waals surface area contributed by atoms with Crippen molar-refractivity contribution >= 4 is 12.1 Å². The van der Waals surface area contributed by atoms with Gasteiger partial charge in [-0.05, 0) is 23.8 Å². The van der Waals surface area contributed by atoms with E-state index in [4.69, 9.17) is 14.2 Å². The van der Waals surface area contributed by atoms with Crippen molar-refractivity contribution in [1.29, 1.82) is 0 Å². The number of methoxy groups -OCH3 is 1. The number of hydrogen-bond acceptors (Lipinski definition) is 6. The number of rotatable bonds is 8. The molecule has 1 saturated heterocycles. The molecule has 0 radical (unpaired) electrons. The summed E-state index contributed by atoms with van der Waals surface area (Å²) >= 11 is 0. The number of ether oxygens (including phenoxy) is 3. The molecule has 0 unspecified atom stereocenters. The molecular formula is C17H23N3O4. The Morgan fingerprint density at radius 3 is 2.92 bits per heavy atom. The minimum Gasteiger partial charge on any atom is -0.493 e. The van der Waals surface area contributed by atoms with Gasteiger partial charge in [-0.1, -0.05) is 12.7 Å². The fraction of sp³-hybridized carbons (Fsp3) is 0.412. The van der Waals surface area contributed by atoms with Gasteiger partial charge >= 0.3 is 0 Å². The molecule has 0 spiro atoms. The van der Waals surface area contributed by atoms with Crippen LogP contribution < -0.4 is 14.9 Å². The average Bonchev–Trinajstić information content (AvgIpc) is 2.61. The fourth-order valence-electron chi connectivity index (χ4n) is 2.21. The molecule has 1 aliphatic rings. The van der Waals surface area contributed by atoms with Crippen LogP contribution in [0.3, 0.4) is 0 Å². The van der Waals surface area contributed by atoms with Crippen molar-refractivity contribution in [1.82, 2.24) is 10.3 Å². The van der Waals surface area contributed by atoms with Gasteiger partial charge in [0, 0.05) is 13.1 Å². The van der Waals surface area contributed by atoms with Gasteiger partial charge in [-0.25, -0.2) is 5.43 Å². The summed E-state index contributed by atoms with van der Waals surface area (Å²) in [6.07, 6.45) is 3.23. The highest BCUT2D eigenvalue weighted by atomic mass is 16.5. The summed E-state index contributed by atoms with van der Waals surface area (Å²) in [5.41, 5.74) is 3.32. The molecule has 24 heavy (non-hydrogen) atoms. The third kappa shape index (κ3) is 5.68. The number of hydrazone groups is 1. The second-order valence-corrected chi connectivity index (χ2v) is 5.19. The van der Waals surface area contributed by atoms with Gasteiger partial charge in [0.1, 0.15) is 6.61 Å². The number of nitrogens with zero attached hydrogens (tertiary/aromatic N) is 2. The Morgan fingerprint density at radius 2 is 2.21 bits per heavy atom. The number of carbonyl (C=O) groups is 1. The zero-order valence-corrected chi connectivity index (χ0v) is 13.9. The summed E-state index contributed by atoms with van der Waals surface area (Å²) in [6.45, 7) is 7.19. The maximum absolute atomic E-state index is 11.8. The second-order valence-electron chi connectivity index (χ2n) is 5.19. The number of amides is 1. The summed E-state index contributed by atoms with van der Waals surface area (Å²) in [4.78, 5) is 13.9. The molecule has 0 aliphatic carbocycles. The van der Waals surface area contributed by atoms with E-state index in [1.807, 2.05) is 11.0 Å². The SMILES string of the molecule is C=CCOc1ccc(/C=N\NC(=O)CN2CCOCC2)cc1OC. The predicted molar refractivity (Wildman–Crippen MR) is 91.7 cm³/mol. The first kappa shape index (κ1) is 18.0. The number of hydrogen-bond donors (Lipinski definition) is 1. The topological polar surface area (TPSA) is 72.4 Å². The van der Waals surface area contributed by atoms with Crippen molar-refractivity contribution < 1.29 is 19.0 Å². The molecule has 1 N–H and O–H groups in total. The van der Waals surface area contributed by atoms with Crippen LogP contribution in [0.2, 0.25) is 0 Å². The number of morpholine rings is 1. The van der Waals surface area contributed by atoms with Crippen LogP contribution in [0, 0.1) is 0 Å². The van der Waals surface area contributed by atoms with E-state index in [0.29, 0.717) is 37.9 Å². The summed E-state index contributed by atoms with van der Waals surface area (Å²) in [5, 5.41) is 3.98. The zero-order chi connectivity index (χ0) is 17.2. The molecule has 0 saturated carbocycles. The maximum atomic E-state index is 11.8. The predicted octanol–water partition coefficient (Wildman–Crippen LogP) is 1.04. The molecule has 7 heteroatoms. The molecule has 1 heterocycles. The standard InChI is InChI=1S/C17H23N3O4/c1-3-8-24-15-5-4-14(11-16(15)22-2)12-18-19-17(21)13-20-6-9-23-10-7-20/h3-5,11-12H,1,6-10,13H2,2H3,(H,19,21)/b18-12-. The molecule has 0 aromatic heterocycles. The quantitative estimate of drug-likeness (QED) is 0.437. The summed E-state index contributed by atoms with van der Waals surface area (Å²) < 4.78 is 16.0. The lowest BCUT2D eigenvalue weighted by atomic mass is 10.2. The first-order valence-corrected chi connectivity index (χ1v) is 7.76. The molecule has 7 nitrogen and oxygen atoms in total. The number of carbonyl (C=O) groups excluding carboxylic acids is 1. The van der Waals surface area contributed by atoms with E-state index in [1.165, 1.54) is 0 Å². The zero-order valence-electron chi connectivity index (χ0n) is 13.9. The molecule has 130 valence electrons. The monoisotopic (exact) mass is 333 g/mol. The first-order valence-electron chi connectivity index (χ1n) is 7.76. The Labute approximate surface area is 141 Å². The minimum absolute atomic E-state index is 0.147. The molecule has 1 fully saturated rings. The third-order valence-corrected chi connectivity index (χ3v) is 3.42. The number of nitrogens with one attached hydrogen (secondary N) is 1. The highest BCUT2D eigenvalue weighted by Crippen LogP contribution is 2.27. The van der Waals surface area contributed by atoms with Gasteiger partial charge in [0.05, 0.1) is 33.1 Å². The number of benzene rings is 1. The average molecular weight is 333 g/mol. The minimum atomic E-state index is -0.147. The smallest absolute Gasteiger partial charge is 0.254 e. The van der Waals surface area contributed by atoms with E-state index in [2.05, 4.69) is 17.1 Å². The Hall–Kier alpha value is -2.38. The van der Waals surface area contributed by atoms with Crippen molar-refractivity contribution in [2.45, 2.75) is 0 Å². The Balaban J connectivity index is 1.86. The second kappa shape index (κ2) is 9.69. The van der Waals surface area contributed by atoms with Crippen molar-refractivity contribution in [2.75, 3.05) is 46.6 Å². The normalized spacial score (nSPS) is 15.2. The highest BCUT2D eigenvalue weighted by molar-refractivity contribution is 5.83. The molecular weight excluding hydrogens is 310 g/mol. The lowest BCUT2D eigenvalue weighted by Gasteiger charge is -2.25. The molecule has 2 rings (SSSR count). The lowest BCUT2D eigenvalue weighted by Crippen LogP contribution is -2.42. The fourth-order valence-corrected chi connectivity index (χ4v) is 2.21. The van der Waals surface area contributed by atoms with Crippen LogP contribution in [0.15, 0.2) is 36.0 Å². The van der Waals surface area contributed by atoms with Gasteiger partial charge in [0.15, 0.2) is 11.5 Å². The summed E-state index contributed by atoms with van der Waals surface area (Å²) in [6, 6.07) is 5.41. The maximum Gasteiger partial charge on any atom is 0.254 e. The van der Waals surface area contributed by atoms with E-state index in [1.54, 1.807) is 31.5 Å². The van der Waals surface area contributed by atoms with Crippen LogP contribution in [0.25, 0.3) is 0 Å². The largest absolute Gasteiger partial charge is 0.493 e. The first-order chi connectivity index (χ1) is 11.7. The van der Waals surface area contributed by atoms with Crippen molar-refractivity contribution in [3.63, 3.8) is 0 Å².